The van der Waals surface area contributed by atoms with Gasteiger partial charge in [-0.2, -0.15) is 4.99 Å². The summed E-state index contributed by atoms with van der Waals surface area (Å²) in [6, 6.07) is 4.96. The molecule has 0 aliphatic carbocycles. The molecule has 1 aliphatic heterocycles. The van der Waals surface area contributed by atoms with Crippen molar-refractivity contribution in [3.8, 4) is 11.5 Å². The van der Waals surface area contributed by atoms with E-state index in [0.29, 0.717) is 34.1 Å². The van der Waals surface area contributed by atoms with Gasteiger partial charge in [-0.25, -0.2) is 0 Å². The Morgan fingerprint density at radius 1 is 1.41 bits per heavy atom. The van der Waals surface area contributed by atoms with Gasteiger partial charge in [0, 0.05) is 6.54 Å². The third-order valence-electron chi connectivity index (χ3n) is 3.49. The second-order valence-electron chi connectivity index (χ2n) is 5.47. The smallest absolute Gasteiger partial charge is 0.267 e. The third-order valence-corrected chi connectivity index (χ3v) is 5.23. The van der Waals surface area contributed by atoms with Gasteiger partial charge in [0.05, 0.1) is 11.5 Å². The average molecular weight is 403 g/mol. The molecule has 27 heavy (non-hydrogen) atoms. The van der Waals surface area contributed by atoms with E-state index >= 15 is 0 Å². The highest BCUT2D eigenvalue weighted by atomic mass is 32.2. The zero-order valence-electron chi connectivity index (χ0n) is 14.9. The summed E-state index contributed by atoms with van der Waals surface area (Å²) in [5.74, 6) is 0.279. The zero-order valence-corrected chi connectivity index (χ0v) is 16.5. The van der Waals surface area contributed by atoms with E-state index in [1.807, 2.05) is 13.8 Å². The number of phenols is 1. The van der Waals surface area contributed by atoms with E-state index in [-0.39, 0.29) is 11.7 Å². The molecule has 9 heteroatoms. The lowest BCUT2D eigenvalue weighted by Gasteiger charge is -2.11. The van der Waals surface area contributed by atoms with Crippen molar-refractivity contribution in [2.24, 2.45) is 4.99 Å². The summed E-state index contributed by atoms with van der Waals surface area (Å²) in [7, 11) is 0. The molecule has 1 fully saturated rings. The van der Waals surface area contributed by atoms with Crippen molar-refractivity contribution in [2.45, 2.75) is 13.8 Å². The number of aryl methyl sites for hydroxylation is 1. The van der Waals surface area contributed by atoms with Gasteiger partial charge in [0.25, 0.3) is 5.91 Å². The van der Waals surface area contributed by atoms with Crippen molar-refractivity contribution < 1.29 is 14.6 Å². The van der Waals surface area contributed by atoms with E-state index in [1.165, 1.54) is 23.1 Å². The van der Waals surface area contributed by atoms with Crippen LogP contribution in [0, 0.1) is 6.92 Å². The number of amides is 1. The lowest BCUT2D eigenvalue weighted by Crippen LogP contribution is -2.29. The minimum absolute atomic E-state index is 0.0616. The van der Waals surface area contributed by atoms with Gasteiger partial charge in [-0.3, -0.25) is 9.69 Å². The summed E-state index contributed by atoms with van der Waals surface area (Å²) in [6.07, 6.45) is 3.40. The first-order chi connectivity index (χ1) is 13.0. The Kier molecular flexibility index (Phi) is 5.92. The average Bonchev–Trinajstić information content (AvgIpc) is 3.17. The molecule has 0 bridgehead atoms. The molecule has 1 aromatic carbocycles. The van der Waals surface area contributed by atoms with Gasteiger partial charge < -0.3 is 9.84 Å². The predicted molar refractivity (Wildman–Crippen MR) is 108 cm³/mol. The molecular formula is C18H18N4O3S2. The monoisotopic (exact) mass is 402 g/mol. The summed E-state index contributed by atoms with van der Waals surface area (Å²) >= 11 is 2.62. The van der Waals surface area contributed by atoms with Gasteiger partial charge in [0.2, 0.25) is 5.13 Å². The van der Waals surface area contributed by atoms with E-state index in [0.717, 1.165) is 10.6 Å². The van der Waals surface area contributed by atoms with Crippen molar-refractivity contribution in [3.05, 3.63) is 46.3 Å². The van der Waals surface area contributed by atoms with E-state index in [9.17, 15) is 9.90 Å². The van der Waals surface area contributed by atoms with Gasteiger partial charge in [0.1, 0.15) is 5.01 Å². The standard InChI is InChI=1S/C18H18N4O3S2/c1-4-8-22-16(24)15(27-18(22)19-17-21-20-11(3)26-17)10-12-6-7-13(23)14(9-12)25-5-2/h4,6-7,9-10,23H,1,5,8H2,2-3H3/b15-10-,19-18+. The molecule has 0 atom stereocenters. The van der Waals surface area contributed by atoms with Crippen molar-refractivity contribution in [1.29, 1.82) is 0 Å². The van der Waals surface area contributed by atoms with Gasteiger partial charge in [-0.1, -0.05) is 23.5 Å². The number of aliphatic imine (C=N–C) groups is 1. The molecule has 1 aliphatic rings. The maximum atomic E-state index is 12.8. The fraction of sp³-hybridized carbons (Fsp3) is 0.222. The molecule has 7 nitrogen and oxygen atoms in total. The van der Waals surface area contributed by atoms with E-state index in [4.69, 9.17) is 4.74 Å². The van der Waals surface area contributed by atoms with Crippen LogP contribution in [0.5, 0.6) is 11.5 Å². The van der Waals surface area contributed by atoms with Crippen molar-refractivity contribution in [2.75, 3.05) is 13.2 Å². The Hall–Kier alpha value is -2.65. The second-order valence-corrected chi connectivity index (χ2v) is 7.64. The number of rotatable bonds is 6. The fourth-order valence-electron chi connectivity index (χ4n) is 2.34. The van der Waals surface area contributed by atoms with Crippen LogP contribution in [0.25, 0.3) is 6.08 Å². The molecule has 1 aromatic heterocycles. The number of hydrogen-bond acceptors (Lipinski definition) is 8. The molecule has 1 N–H and O–H groups in total. The zero-order chi connectivity index (χ0) is 19.4. The highest BCUT2D eigenvalue weighted by Crippen LogP contribution is 2.36. The summed E-state index contributed by atoms with van der Waals surface area (Å²) in [5, 5.41) is 19.6. The van der Waals surface area contributed by atoms with E-state index in [2.05, 4.69) is 21.8 Å². The number of nitrogens with zero attached hydrogens (tertiary/aromatic N) is 4. The summed E-state index contributed by atoms with van der Waals surface area (Å²) in [6.45, 7) is 8.18. The first-order valence-electron chi connectivity index (χ1n) is 8.18. The predicted octanol–water partition coefficient (Wildman–Crippen LogP) is 3.74. The minimum atomic E-state index is -0.161. The van der Waals surface area contributed by atoms with Crippen LogP contribution in [0.1, 0.15) is 17.5 Å². The number of ether oxygens (including phenoxy) is 1. The minimum Gasteiger partial charge on any atom is -0.504 e. The number of amidine groups is 1. The highest BCUT2D eigenvalue weighted by molar-refractivity contribution is 8.18. The second kappa shape index (κ2) is 8.36. The Balaban J connectivity index is 1.93. The number of benzene rings is 1. The Labute approximate surface area is 165 Å². The summed E-state index contributed by atoms with van der Waals surface area (Å²) in [4.78, 5) is 19.3. The third kappa shape index (κ3) is 4.37. The van der Waals surface area contributed by atoms with Crippen molar-refractivity contribution >= 4 is 45.4 Å². The molecule has 2 heterocycles. The topological polar surface area (TPSA) is 87.9 Å². The Morgan fingerprint density at radius 3 is 2.89 bits per heavy atom. The molecule has 0 unspecified atom stereocenters. The van der Waals surface area contributed by atoms with Crippen molar-refractivity contribution in [1.82, 2.24) is 15.1 Å². The first-order valence-corrected chi connectivity index (χ1v) is 9.82. The molecule has 2 aromatic rings. The SMILES string of the molecule is C=CCN1C(=O)/C(=C/c2ccc(O)c(OCC)c2)S/C1=N/c1nnc(C)s1. The Bertz CT molecular complexity index is 936. The van der Waals surface area contributed by atoms with E-state index in [1.54, 1.807) is 35.3 Å². The molecule has 1 saturated heterocycles. The first kappa shape index (κ1) is 19.1. The van der Waals surface area contributed by atoms with Crippen LogP contribution < -0.4 is 4.74 Å². The normalized spacial score (nSPS) is 17.1. The number of aromatic hydroxyl groups is 1. The number of phenolic OH excluding ortho intramolecular Hbond substituents is 1. The number of aromatic nitrogens is 2. The molecule has 0 saturated carbocycles. The van der Waals surface area contributed by atoms with Crippen LogP contribution in [0.4, 0.5) is 5.13 Å². The fourth-order valence-corrected chi connectivity index (χ4v) is 3.94. The van der Waals surface area contributed by atoms with Crippen LogP contribution in [0.2, 0.25) is 0 Å². The molecular weight excluding hydrogens is 384 g/mol. The Morgan fingerprint density at radius 2 is 2.22 bits per heavy atom. The highest BCUT2D eigenvalue weighted by Gasteiger charge is 2.33. The largest absolute Gasteiger partial charge is 0.504 e. The lowest BCUT2D eigenvalue weighted by molar-refractivity contribution is -0.121. The van der Waals surface area contributed by atoms with Crippen LogP contribution in [0.15, 0.2) is 40.8 Å². The summed E-state index contributed by atoms with van der Waals surface area (Å²) in [5.41, 5.74) is 0.749. The number of carbonyl (C=O) groups is 1. The maximum absolute atomic E-state index is 12.8. The van der Waals surface area contributed by atoms with Crippen molar-refractivity contribution in [3.63, 3.8) is 0 Å². The summed E-state index contributed by atoms with van der Waals surface area (Å²) < 4.78 is 5.40. The van der Waals surface area contributed by atoms with Gasteiger partial charge in [-0.15, -0.1) is 16.8 Å². The molecule has 0 spiro atoms. The van der Waals surface area contributed by atoms with Gasteiger partial charge >= 0.3 is 0 Å². The van der Waals surface area contributed by atoms with Crippen LogP contribution >= 0.6 is 23.1 Å². The van der Waals surface area contributed by atoms with Gasteiger partial charge in [0.15, 0.2) is 16.7 Å². The van der Waals surface area contributed by atoms with Crippen LogP contribution in [-0.2, 0) is 4.79 Å². The maximum Gasteiger partial charge on any atom is 0.267 e. The van der Waals surface area contributed by atoms with E-state index < -0.39 is 0 Å². The molecule has 140 valence electrons. The number of thioether (sulfide) groups is 1. The molecule has 1 amide bonds. The molecule has 3 rings (SSSR count). The lowest BCUT2D eigenvalue weighted by atomic mass is 10.2. The molecule has 0 radical (unpaired) electrons. The number of hydrogen-bond donors (Lipinski definition) is 1. The number of carbonyl (C=O) groups excluding carboxylic acids is 1. The van der Waals surface area contributed by atoms with Gasteiger partial charge in [-0.05, 0) is 49.4 Å². The quantitative estimate of drug-likeness (QED) is 0.585. The van der Waals surface area contributed by atoms with Crippen LogP contribution in [0.3, 0.4) is 0 Å². The van der Waals surface area contributed by atoms with Crippen LogP contribution in [-0.4, -0.2) is 44.4 Å².